The molecule has 0 aromatic rings. The third-order valence-corrected chi connectivity index (χ3v) is 1.92. The van der Waals surface area contributed by atoms with Gasteiger partial charge in [-0.2, -0.15) is 13.2 Å². The zero-order valence-electron chi connectivity index (χ0n) is 8.20. The van der Waals surface area contributed by atoms with Gasteiger partial charge in [-0.3, -0.25) is 0 Å². The zero-order valence-corrected chi connectivity index (χ0v) is 9.71. The van der Waals surface area contributed by atoms with Crippen LogP contribution in [0, 0.1) is 0 Å². The summed E-state index contributed by atoms with van der Waals surface area (Å²) in [5, 5.41) is -0.703. The first-order valence-corrected chi connectivity index (χ1v) is 4.92. The molecule has 0 aromatic carbocycles. The van der Waals surface area contributed by atoms with Gasteiger partial charge in [-0.1, -0.05) is 36.2 Å². The van der Waals surface area contributed by atoms with Crippen LogP contribution in [0.15, 0.2) is 27.9 Å². The van der Waals surface area contributed by atoms with Crippen LogP contribution in [-0.2, 0) is 0 Å². The molecule has 86 valence electrons. The second kappa shape index (κ2) is 6.18. The first-order valence-electron chi connectivity index (χ1n) is 4.16. The molecule has 0 fully saturated rings. The van der Waals surface area contributed by atoms with Crippen LogP contribution in [0.4, 0.5) is 13.2 Å². The van der Waals surface area contributed by atoms with Gasteiger partial charge in [0.2, 0.25) is 0 Å². The van der Waals surface area contributed by atoms with Gasteiger partial charge in [-0.05, 0) is 19.4 Å². The third kappa shape index (κ3) is 5.23. The summed E-state index contributed by atoms with van der Waals surface area (Å²) in [5.41, 5.74) is -0.994. The SMILES string of the molecule is C\C=C(/C(Cl)=N\C(Cl)=C\CC)C(F)(F)F. The molecule has 0 unspecified atom stereocenters. The Hall–Kier alpha value is -0.480. The highest BCUT2D eigenvalue weighted by atomic mass is 35.5. The highest BCUT2D eigenvalue weighted by Gasteiger charge is 2.35. The second-order valence-corrected chi connectivity index (χ2v) is 3.28. The standard InChI is InChI=1S/C9H10Cl2F3N/c1-3-5-7(10)15-8(11)6(4-2)9(12,13)14/h4-5H,3H2,1-2H3/b6-4+,7-5+,15-8+. The number of allylic oxidation sites excluding steroid dienone is 3. The maximum Gasteiger partial charge on any atom is 0.419 e. The van der Waals surface area contributed by atoms with Gasteiger partial charge in [-0.25, -0.2) is 4.99 Å². The van der Waals surface area contributed by atoms with Gasteiger partial charge in [0, 0.05) is 0 Å². The first-order chi connectivity index (χ1) is 6.82. The van der Waals surface area contributed by atoms with E-state index in [1.54, 1.807) is 6.92 Å². The second-order valence-electron chi connectivity index (χ2n) is 2.54. The molecule has 6 heteroatoms. The van der Waals surface area contributed by atoms with Crippen molar-refractivity contribution in [2.45, 2.75) is 26.4 Å². The van der Waals surface area contributed by atoms with Crippen LogP contribution in [0.1, 0.15) is 20.3 Å². The summed E-state index contributed by atoms with van der Waals surface area (Å²) < 4.78 is 36.9. The molecule has 0 saturated heterocycles. The summed E-state index contributed by atoms with van der Waals surface area (Å²) >= 11 is 10.9. The number of hydrogen-bond donors (Lipinski definition) is 0. The number of hydrogen-bond acceptors (Lipinski definition) is 1. The Morgan fingerprint density at radius 1 is 1.33 bits per heavy atom. The van der Waals surface area contributed by atoms with Gasteiger partial charge in [0.15, 0.2) is 0 Å². The van der Waals surface area contributed by atoms with Crippen LogP contribution in [-0.4, -0.2) is 11.3 Å². The van der Waals surface area contributed by atoms with Crippen LogP contribution in [0.5, 0.6) is 0 Å². The van der Waals surface area contributed by atoms with Crippen molar-refractivity contribution >= 4 is 28.4 Å². The first kappa shape index (κ1) is 14.5. The Morgan fingerprint density at radius 2 is 1.87 bits per heavy atom. The molecule has 0 spiro atoms. The molecular weight excluding hydrogens is 250 g/mol. The average molecular weight is 260 g/mol. The molecule has 0 aliphatic heterocycles. The van der Waals surface area contributed by atoms with E-state index in [2.05, 4.69) is 4.99 Å². The smallest absolute Gasteiger partial charge is 0.224 e. The molecule has 0 atom stereocenters. The Morgan fingerprint density at radius 3 is 2.20 bits per heavy atom. The molecule has 0 N–H and O–H groups in total. The summed E-state index contributed by atoms with van der Waals surface area (Å²) in [5.74, 6) is 0. The van der Waals surface area contributed by atoms with E-state index < -0.39 is 16.9 Å². The highest BCUT2D eigenvalue weighted by molar-refractivity contribution is 6.70. The number of halogens is 5. The van der Waals surface area contributed by atoms with Crippen LogP contribution in [0.2, 0.25) is 0 Å². The van der Waals surface area contributed by atoms with Crippen molar-refractivity contribution in [3.05, 3.63) is 22.9 Å². The Labute approximate surface area is 96.3 Å². The topological polar surface area (TPSA) is 12.4 Å². The summed E-state index contributed by atoms with van der Waals surface area (Å²) in [6.45, 7) is 3.02. The minimum absolute atomic E-state index is 0.0499. The van der Waals surface area contributed by atoms with Crippen molar-refractivity contribution in [2.24, 2.45) is 4.99 Å². The predicted molar refractivity (Wildman–Crippen MR) is 57.3 cm³/mol. The zero-order chi connectivity index (χ0) is 12.1. The Balaban J connectivity index is 4.99. The molecule has 1 nitrogen and oxygen atoms in total. The van der Waals surface area contributed by atoms with Crippen LogP contribution >= 0.6 is 23.2 Å². The summed E-state index contributed by atoms with van der Waals surface area (Å²) in [7, 11) is 0. The van der Waals surface area contributed by atoms with Crippen molar-refractivity contribution in [3.63, 3.8) is 0 Å². The summed E-state index contributed by atoms with van der Waals surface area (Å²) in [6, 6.07) is 0. The quantitative estimate of drug-likeness (QED) is 0.518. The van der Waals surface area contributed by atoms with Gasteiger partial charge in [0.05, 0.1) is 5.57 Å². The Kier molecular flexibility index (Phi) is 5.98. The normalized spacial score (nSPS) is 15.8. The third-order valence-electron chi connectivity index (χ3n) is 1.39. The van der Waals surface area contributed by atoms with E-state index in [0.29, 0.717) is 6.42 Å². The molecule has 0 aromatic heterocycles. The van der Waals surface area contributed by atoms with Crippen molar-refractivity contribution in [1.29, 1.82) is 0 Å². The summed E-state index contributed by atoms with van der Waals surface area (Å²) in [4.78, 5) is 3.42. The minimum Gasteiger partial charge on any atom is -0.224 e. The molecule has 0 radical (unpaired) electrons. The number of alkyl halides is 3. The Bertz CT molecular complexity index is 303. The van der Waals surface area contributed by atoms with E-state index in [4.69, 9.17) is 23.2 Å². The lowest BCUT2D eigenvalue weighted by Gasteiger charge is -2.08. The van der Waals surface area contributed by atoms with Crippen molar-refractivity contribution in [3.8, 4) is 0 Å². The summed E-state index contributed by atoms with van der Waals surface area (Å²) in [6.07, 6.45) is -1.63. The van der Waals surface area contributed by atoms with E-state index in [1.807, 2.05) is 0 Å². The molecule has 0 saturated carbocycles. The molecule has 0 rings (SSSR count). The van der Waals surface area contributed by atoms with Crippen molar-refractivity contribution in [2.75, 3.05) is 0 Å². The number of rotatable bonds is 3. The molecule has 0 heterocycles. The number of nitrogens with zero attached hydrogens (tertiary/aromatic N) is 1. The molecule has 0 bridgehead atoms. The lowest BCUT2D eigenvalue weighted by molar-refractivity contribution is -0.0859. The van der Waals surface area contributed by atoms with E-state index >= 15 is 0 Å². The van der Waals surface area contributed by atoms with E-state index in [1.165, 1.54) is 13.0 Å². The van der Waals surface area contributed by atoms with Crippen LogP contribution in [0.25, 0.3) is 0 Å². The molecular formula is C9H10Cl2F3N. The largest absolute Gasteiger partial charge is 0.419 e. The lowest BCUT2D eigenvalue weighted by atomic mass is 10.2. The molecule has 0 aliphatic rings. The fourth-order valence-corrected chi connectivity index (χ4v) is 1.36. The monoisotopic (exact) mass is 259 g/mol. The van der Waals surface area contributed by atoms with Crippen molar-refractivity contribution in [1.82, 2.24) is 0 Å². The van der Waals surface area contributed by atoms with Crippen molar-refractivity contribution < 1.29 is 13.2 Å². The maximum absolute atomic E-state index is 12.3. The fraction of sp³-hybridized carbons (Fsp3) is 0.444. The van der Waals surface area contributed by atoms with Crippen LogP contribution in [0.3, 0.4) is 0 Å². The molecule has 15 heavy (non-hydrogen) atoms. The van der Waals surface area contributed by atoms with E-state index in [9.17, 15) is 13.2 Å². The maximum atomic E-state index is 12.3. The fourth-order valence-electron chi connectivity index (χ4n) is 0.768. The minimum atomic E-state index is -4.52. The molecule has 0 aliphatic carbocycles. The van der Waals surface area contributed by atoms with Gasteiger partial charge < -0.3 is 0 Å². The van der Waals surface area contributed by atoms with Gasteiger partial charge in [0.1, 0.15) is 10.3 Å². The van der Waals surface area contributed by atoms with Crippen LogP contribution < -0.4 is 0 Å². The number of aliphatic imine (C=N–C) groups is 1. The van der Waals surface area contributed by atoms with Gasteiger partial charge in [-0.15, -0.1) is 0 Å². The van der Waals surface area contributed by atoms with E-state index in [-0.39, 0.29) is 5.16 Å². The highest BCUT2D eigenvalue weighted by Crippen LogP contribution is 2.28. The van der Waals surface area contributed by atoms with E-state index in [0.717, 1.165) is 6.08 Å². The molecule has 0 amide bonds. The van der Waals surface area contributed by atoms with Gasteiger partial charge in [0.25, 0.3) is 0 Å². The lowest BCUT2D eigenvalue weighted by Crippen LogP contribution is -2.16. The average Bonchev–Trinajstić information content (AvgIpc) is 2.02. The van der Waals surface area contributed by atoms with Gasteiger partial charge >= 0.3 is 6.18 Å². The predicted octanol–water partition coefficient (Wildman–Crippen LogP) is 4.62.